The summed E-state index contributed by atoms with van der Waals surface area (Å²) in [5, 5.41) is 20.7. The lowest BCUT2D eigenvalue weighted by Crippen LogP contribution is -2.34. The Bertz CT molecular complexity index is 1340. The van der Waals surface area contributed by atoms with Crippen LogP contribution in [0.4, 0.5) is 0 Å². The predicted octanol–water partition coefficient (Wildman–Crippen LogP) is 3.70. The fourth-order valence-corrected chi connectivity index (χ4v) is 9.44. The van der Waals surface area contributed by atoms with Gasteiger partial charge in [-0.15, -0.1) is 0 Å². The fraction of sp³-hybridized carbons (Fsp3) is 0. The van der Waals surface area contributed by atoms with Crippen LogP contribution >= 0.6 is 7.49 Å². The van der Waals surface area contributed by atoms with Crippen molar-refractivity contribution in [3.8, 4) is 0 Å². The quantitative estimate of drug-likeness (QED) is 0.349. The highest BCUT2D eigenvalue weighted by Crippen LogP contribution is 2.58. The first-order chi connectivity index (χ1) is 16.7. The zero-order chi connectivity index (χ0) is 25.1. The van der Waals surface area contributed by atoms with E-state index in [1.165, 1.54) is 0 Å². The van der Waals surface area contributed by atoms with Crippen LogP contribution in [0.15, 0.2) is 114 Å². The molecule has 0 aliphatic heterocycles. The van der Waals surface area contributed by atoms with Gasteiger partial charge in [0.05, 0.1) is 16.0 Å². The first-order valence-electron chi connectivity index (χ1n) is 10.4. The average molecular weight is 507 g/mol. The largest absolute Gasteiger partial charge is 0.478 e. The van der Waals surface area contributed by atoms with E-state index in [0.29, 0.717) is 15.9 Å². The van der Waals surface area contributed by atoms with Crippen molar-refractivity contribution in [3.63, 3.8) is 0 Å². The molecule has 0 atom stereocenters. The van der Waals surface area contributed by atoms with Crippen LogP contribution in [0.25, 0.3) is 0 Å². The van der Waals surface area contributed by atoms with Crippen molar-refractivity contribution in [1.29, 1.82) is 0 Å². The van der Waals surface area contributed by atoms with E-state index in [4.69, 9.17) is 3.97 Å². The Labute approximate surface area is 202 Å². The van der Waals surface area contributed by atoms with E-state index in [9.17, 15) is 28.2 Å². The Morgan fingerprint density at radius 2 is 0.943 bits per heavy atom. The maximum Gasteiger partial charge on any atom is 0.335 e. The van der Waals surface area contributed by atoms with Crippen LogP contribution in [0, 0.1) is 0 Å². The highest BCUT2D eigenvalue weighted by Gasteiger charge is 2.52. The van der Waals surface area contributed by atoms with Gasteiger partial charge in [0.1, 0.15) is 15.9 Å². The molecular formula is C26H20O7PS+. The molecule has 0 bridgehead atoms. The Morgan fingerprint density at radius 1 is 0.600 bits per heavy atom. The summed E-state index contributed by atoms with van der Waals surface area (Å²) >= 11 is 0. The first kappa shape index (κ1) is 24.3. The van der Waals surface area contributed by atoms with Crippen molar-refractivity contribution in [2.24, 2.45) is 0 Å². The van der Waals surface area contributed by atoms with E-state index in [1.807, 2.05) is 0 Å². The summed E-state index contributed by atoms with van der Waals surface area (Å²) in [7, 11) is -7.95. The third-order valence-corrected chi connectivity index (χ3v) is 10.8. The molecule has 7 nitrogen and oxygen atoms in total. The molecule has 0 saturated carbocycles. The minimum atomic E-state index is -4.65. The van der Waals surface area contributed by atoms with Crippen LogP contribution in [0.3, 0.4) is 0 Å². The van der Waals surface area contributed by atoms with Gasteiger partial charge in [0, 0.05) is 0 Å². The minimum Gasteiger partial charge on any atom is -0.478 e. The highest BCUT2D eigenvalue weighted by molar-refractivity contribution is 8.01. The van der Waals surface area contributed by atoms with Crippen molar-refractivity contribution < 1.29 is 32.2 Å². The lowest BCUT2D eigenvalue weighted by Gasteiger charge is -2.24. The Balaban J connectivity index is 2.00. The molecule has 4 rings (SSSR count). The number of aromatic carboxylic acids is 2. The maximum absolute atomic E-state index is 13.7. The van der Waals surface area contributed by atoms with Gasteiger partial charge in [0.2, 0.25) is 0 Å². The third kappa shape index (κ3) is 4.86. The van der Waals surface area contributed by atoms with E-state index in [0.717, 1.165) is 18.2 Å². The third-order valence-electron chi connectivity index (χ3n) is 5.26. The summed E-state index contributed by atoms with van der Waals surface area (Å²) in [4.78, 5) is 22.6. The summed E-state index contributed by atoms with van der Waals surface area (Å²) in [5.41, 5.74) is -0.953. The van der Waals surface area contributed by atoms with E-state index in [2.05, 4.69) is 0 Å². The predicted molar refractivity (Wildman–Crippen MR) is 134 cm³/mol. The van der Waals surface area contributed by atoms with Gasteiger partial charge in [-0.3, -0.25) is 0 Å². The smallest absolute Gasteiger partial charge is 0.335 e. The standard InChI is InChI=1S/C26H19O7PS/c27-25(28)19-16-20(26(29)30)18-24(17-19)35(31,32)33-34(21-10-4-1-5-11-21,22-12-6-2-7-13-22)23-14-8-3-9-15-23/h1-18H,(H-,27,28,29,30)/p+1. The molecule has 4 aromatic carbocycles. The summed E-state index contributed by atoms with van der Waals surface area (Å²) in [6.45, 7) is 0. The van der Waals surface area contributed by atoms with Gasteiger partial charge in [-0.2, -0.15) is 8.42 Å². The molecule has 2 N–H and O–H groups in total. The summed E-state index contributed by atoms with van der Waals surface area (Å²) in [6, 6.07) is 29.4. The summed E-state index contributed by atoms with van der Waals surface area (Å²) < 4.78 is 33.6. The van der Waals surface area contributed by atoms with Crippen molar-refractivity contribution >= 4 is 45.5 Å². The first-order valence-corrected chi connectivity index (χ1v) is 13.5. The van der Waals surface area contributed by atoms with E-state index in [1.54, 1.807) is 91.0 Å². The topological polar surface area (TPSA) is 118 Å². The summed E-state index contributed by atoms with van der Waals surface area (Å²) in [6.07, 6.45) is 0. The van der Waals surface area contributed by atoms with Gasteiger partial charge in [-0.25, -0.2) is 9.59 Å². The van der Waals surface area contributed by atoms with Crippen LogP contribution in [-0.2, 0) is 14.1 Å². The lowest BCUT2D eigenvalue weighted by molar-refractivity contribution is 0.0696. The molecule has 35 heavy (non-hydrogen) atoms. The van der Waals surface area contributed by atoms with Crippen LogP contribution in [0.5, 0.6) is 0 Å². The number of carbonyl (C=O) groups is 2. The van der Waals surface area contributed by atoms with Gasteiger partial charge in [-0.05, 0) is 54.6 Å². The number of benzene rings is 4. The lowest BCUT2D eigenvalue weighted by atomic mass is 10.1. The Hall–Kier alpha value is -3.84. The molecule has 4 aromatic rings. The molecule has 0 unspecified atom stereocenters. The molecule has 0 fully saturated rings. The fourth-order valence-electron chi connectivity index (χ4n) is 3.67. The molecular weight excluding hydrogens is 487 g/mol. The minimum absolute atomic E-state index is 0.477. The average Bonchev–Trinajstić information content (AvgIpc) is 2.88. The van der Waals surface area contributed by atoms with Crippen molar-refractivity contribution in [2.75, 3.05) is 0 Å². The highest BCUT2D eigenvalue weighted by atomic mass is 32.2. The Morgan fingerprint density at radius 3 is 1.26 bits per heavy atom. The number of rotatable bonds is 8. The second-order valence-corrected chi connectivity index (χ2v) is 12.2. The molecule has 176 valence electrons. The molecule has 0 radical (unpaired) electrons. The number of carboxylic acid groups (broad SMARTS) is 2. The van der Waals surface area contributed by atoms with Gasteiger partial charge < -0.3 is 10.2 Å². The zero-order valence-electron chi connectivity index (χ0n) is 18.2. The molecule has 0 aliphatic carbocycles. The van der Waals surface area contributed by atoms with Crippen LogP contribution in [-0.4, -0.2) is 30.6 Å². The maximum atomic E-state index is 13.7. The van der Waals surface area contributed by atoms with E-state index in [-0.39, 0.29) is 0 Å². The van der Waals surface area contributed by atoms with Crippen molar-refractivity contribution in [1.82, 2.24) is 0 Å². The molecule has 0 heterocycles. The van der Waals surface area contributed by atoms with E-state index < -0.39 is 45.6 Å². The molecule has 9 heteroatoms. The van der Waals surface area contributed by atoms with Gasteiger partial charge in [0.25, 0.3) is 7.49 Å². The van der Waals surface area contributed by atoms with E-state index >= 15 is 0 Å². The second-order valence-electron chi connectivity index (χ2n) is 7.50. The van der Waals surface area contributed by atoms with Crippen LogP contribution in [0.1, 0.15) is 20.7 Å². The molecule has 0 spiro atoms. The van der Waals surface area contributed by atoms with Crippen molar-refractivity contribution in [3.05, 3.63) is 120 Å². The normalized spacial score (nSPS) is 11.7. The van der Waals surface area contributed by atoms with Crippen LogP contribution < -0.4 is 15.9 Å². The summed E-state index contributed by atoms with van der Waals surface area (Å²) in [5.74, 6) is -2.92. The number of hydrogen-bond donors (Lipinski definition) is 2. The van der Waals surface area contributed by atoms with Gasteiger partial charge in [-0.1, -0.05) is 58.6 Å². The SMILES string of the molecule is O=C(O)c1cc(C(=O)O)cc(S(=O)(=O)O[P+](c2ccccc2)(c2ccccc2)c2ccccc2)c1. The number of carboxylic acids is 2. The van der Waals surface area contributed by atoms with Crippen molar-refractivity contribution in [2.45, 2.75) is 4.90 Å². The van der Waals surface area contributed by atoms with Gasteiger partial charge in [0.15, 0.2) is 0 Å². The van der Waals surface area contributed by atoms with Gasteiger partial charge >= 0.3 is 22.1 Å². The monoisotopic (exact) mass is 507 g/mol. The second kappa shape index (κ2) is 9.80. The zero-order valence-corrected chi connectivity index (χ0v) is 19.9. The molecule has 0 saturated heterocycles. The molecule has 0 aliphatic rings. The number of hydrogen-bond acceptors (Lipinski definition) is 5. The Kier molecular flexibility index (Phi) is 6.80. The van der Waals surface area contributed by atoms with Crippen LogP contribution in [0.2, 0.25) is 0 Å². The molecule has 0 amide bonds. The molecule has 0 aromatic heterocycles.